The maximum Gasteiger partial charge on any atom is 0.322 e. The predicted molar refractivity (Wildman–Crippen MR) is 99.0 cm³/mol. The van der Waals surface area contributed by atoms with Gasteiger partial charge >= 0.3 is 6.03 Å². The zero-order valence-electron chi connectivity index (χ0n) is 15.2. The maximum atomic E-state index is 12.6. The van der Waals surface area contributed by atoms with E-state index in [9.17, 15) is 4.79 Å². The third kappa shape index (κ3) is 4.14. The van der Waals surface area contributed by atoms with Crippen LogP contribution in [0.15, 0.2) is 30.5 Å². The number of nitrogens with zero attached hydrogens (tertiary/aromatic N) is 2. The molecule has 1 aromatic carbocycles. The van der Waals surface area contributed by atoms with Crippen LogP contribution < -0.4 is 5.32 Å². The minimum atomic E-state index is -0.0667. The van der Waals surface area contributed by atoms with Crippen molar-refractivity contribution < 1.29 is 14.3 Å². The predicted octanol–water partition coefficient (Wildman–Crippen LogP) is 3.32. The Balaban J connectivity index is 1.72. The van der Waals surface area contributed by atoms with E-state index in [0.29, 0.717) is 19.7 Å². The fraction of sp³-hybridized carbons (Fsp3) is 0.526. The number of hydrogen-bond donors (Lipinski definition) is 1. The van der Waals surface area contributed by atoms with Crippen LogP contribution in [0, 0.1) is 0 Å². The highest BCUT2D eigenvalue weighted by molar-refractivity contribution is 5.93. The van der Waals surface area contributed by atoms with Crippen molar-refractivity contribution in [1.29, 1.82) is 0 Å². The summed E-state index contributed by atoms with van der Waals surface area (Å²) in [5, 5.41) is 4.18. The van der Waals surface area contributed by atoms with Crippen LogP contribution in [0.4, 0.5) is 10.5 Å². The molecule has 1 N–H and O–H groups in total. The SMILES string of the molecule is CC[C@H]1CN(C(=O)Nc2ccc3ccn(CCOC)c3c2)C[C@@H](C)O1. The molecule has 1 aliphatic rings. The Labute approximate surface area is 148 Å². The summed E-state index contributed by atoms with van der Waals surface area (Å²) in [7, 11) is 1.70. The molecule has 2 aromatic rings. The Morgan fingerprint density at radius 3 is 2.96 bits per heavy atom. The molecule has 6 nitrogen and oxygen atoms in total. The summed E-state index contributed by atoms with van der Waals surface area (Å²) in [6.45, 7) is 6.80. The lowest BCUT2D eigenvalue weighted by Crippen LogP contribution is -2.50. The fourth-order valence-electron chi connectivity index (χ4n) is 3.29. The first-order valence-electron chi connectivity index (χ1n) is 8.90. The molecule has 6 heteroatoms. The molecule has 2 heterocycles. The first-order valence-corrected chi connectivity index (χ1v) is 8.90. The number of aromatic nitrogens is 1. The zero-order valence-corrected chi connectivity index (χ0v) is 15.2. The summed E-state index contributed by atoms with van der Waals surface area (Å²) in [5.41, 5.74) is 1.90. The quantitative estimate of drug-likeness (QED) is 0.904. The first kappa shape index (κ1) is 17.8. The summed E-state index contributed by atoms with van der Waals surface area (Å²) in [5.74, 6) is 0. The van der Waals surface area contributed by atoms with E-state index in [1.54, 1.807) is 7.11 Å². The van der Waals surface area contributed by atoms with Gasteiger partial charge in [0.05, 0.1) is 24.3 Å². The molecule has 1 fully saturated rings. The highest BCUT2D eigenvalue weighted by Gasteiger charge is 2.27. The number of methoxy groups -OCH3 is 1. The molecule has 2 amide bonds. The molecule has 0 aliphatic carbocycles. The van der Waals surface area contributed by atoms with Crippen LogP contribution >= 0.6 is 0 Å². The molecule has 0 unspecified atom stereocenters. The number of nitrogens with one attached hydrogen (secondary N) is 1. The van der Waals surface area contributed by atoms with Gasteiger partial charge in [-0.1, -0.05) is 13.0 Å². The van der Waals surface area contributed by atoms with Gasteiger partial charge in [0.2, 0.25) is 0 Å². The number of hydrogen-bond acceptors (Lipinski definition) is 3. The van der Waals surface area contributed by atoms with E-state index < -0.39 is 0 Å². The van der Waals surface area contributed by atoms with Crippen LogP contribution in [-0.4, -0.2) is 54.5 Å². The van der Waals surface area contributed by atoms with Gasteiger partial charge < -0.3 is 24.3 Å². The van der Waals surface area contributed by atoms with Crippen LogP contribution in [-0.2, 0) is 16.0 Å². The van der Waals surface area contributed by atoms with E-state index in [0.717, 1.165) is 29.6 Å². The summed E-state index contributed by atoms with van der Waals surface area (Å²) in [4.78, 5) is 14.5. The van der Waals surface area contributed by atoms with E-state index in [2.05, 4.69) is 22.9 Å². The van der Waals surface area contributed by atoms with Crippen molar-refractivity contribution in [2.24, 2.45) is 0 Å². The second-order valence-electron chi connectivity index (χ2n) is 6.59. The van der Waals surface area contributed by atoms with E-state index in [4.69, 9.17) is 9.47 Å². The van der Waals surface area contributed by atoms with Crippen LogP contribution in [0.2, 0.25) is 0 Å². The molecule has 0 saturated carbocycles. The molecule has 1 aromatic heterocycles. The maximum absolute atomic E-state index is 12.6. The molecule has 3 rings (SSSR count). The number of carbonyl (C=O) groups is 1. The van der Waals surface area contributed by atoms with Crippen LogP contribution in [0.5, 0.6) is 0 Å². The number of carbonyl (C=O) groups excluding carboxylic acids is 1. The number of rotatable bonds is 5. The lowest BCUT2D eigenvalue weighted by atomic mass is 10.2. The van der Waals surface area contributed by atoms with Crippen molar-refractivity contribution in [2.45, 2.75) is 39.0 Å². The lowest BCUT2D eigenvalue weighted by molar-refractivity contribution is -0.0632. The van der Waals surface area contributed by atoms with Gasteiger partial charge in [0.25, 0.3) is 0 Å². The molecule has 2 atom stereocenters. The molecular formula is C19H27N3O3. The molecule has 25 heavy (non-hydrogen) atoms. The topological polar surface area (TPSA) is 55.7 Å². The van der Waals surface area contributed by atoms with E-state index in [1.807, 2.05) is 36.2 Å². The van der Waals surface area contributed by atoms with Crippen molar-refractivity contribution in [1.82, 2.24) is 9.47 Å². The van der Waals surface area contributed by atoms with Gasteiger partial charge in [0.15, 0.2) is 0 Å². The van der Waals surface area contributed by atoms with Gasteiger partial charge in [-0.25, -0.2) is 4.79 Å². The summed E-state index contributed by atoms with van der Waals surface area (Å²) < 4.78 is 13.1. The third-order valence-electron chi connectivity index (χ3n) is 4.63. The second-order valence-corrected chi connectivity index (χ2v) is 6.59. The molecule has 0 spiro atoms. The minimum Gasteiger partial charge on any atom is -0.383 e. The number of amides is 2. The van der Waals surface area contributed by atoms with Gasteiger partial charge in [-0.05, 0) is 36.9 Å². The van der Waals surface area contributed by atoms with Gasteiger partial charge in [-0.3, -0.25) is 0 Å². The molecule has 0 bridgehead atoms. The van der Waals surface area contributed by atoms with E-state index in [-0.39, 0.29) is 18.2 Å². The summed E-state index contributed by atoms with van der Waals surface area (Å²) in [6, 6.07) is 8.01. The van der Waals surface area contributed by atoms with Crippen molar-refractivity contribution in [2.75, 3.05) is 32.1 Å². The molecular weight excluding hydrogens is 318 g/mol. The Hall–Kier alpha value is -2.05. The number of anilines is 1. The number of benzene rings is 1. The average molecular weight is 345 g/mol. The first-order chi connectivity index (χ1) is 12.1. The van der Waals surface area contributed by atoms with Crippen molar-refractivity contribution in [3.8, 4) is 0 Å². The Bertz CT molecular complexity index is 728. The van der Waals surface area contributed by atoms with Crippen LogP contribution in [0.1, 0.15) is 20.3 Å². The largest absolute Gasteiger partial charge is 0.383 e. The Morgan fingerprint density at radius 1 is 1.36 bits per heavy atom. The fourth-order valence-corrected chi connectivity index (χ4v) is 3.29. The zero-order chi connectivity index (χ0) is 17.8. The molecule has 0 radical (unpaired) electrons. The van der Waals surface area contributed by atoms with Crippen molar-refractivity contribution in [3.63, 3.8) is 0 Å². The molecule has 1 aliphatic heterocycles. The second kappa shape index (κ2) is 7.89. The summed E-state index contributed by atoms with van der Waals surface area (Å²) in [6.07, 6.45) is 3.14. The van der Waals surface area contributed by atoms with E-state index in [1.165, 1.54) is 0 Å². The Kier molecular flexibility index (Phi) is 5.60. The van der Waals surface area contributed by atoms with Gasteiger partial charge in [0, 0.05) is 38.6 Å². The third-order valence-corrected chi connectivity index (χ3v) is 4.63. The minimum absolute atomic E-state index is 0.0667. The normalized spacial score (nSPS) is 20.8. The number of morpholine rings is 1. The highest BCUT2D eigenvalue weighted by Crippen LogP contribution is 2.22. The van der Waals surface area contributed by atoms with Crippen molar-refractivity contribution in [3.05, 3.63) is 30.5 Å². The summed E-state index contributed by atoms with van der Waals surface area (Å²) >= 11 is 0. The molecule has 1 saturated heterocycles. The van der Waals surface area contributed by atoms with Crippen LogP contribution in [0.3, 0.4) is 0 Å². The highest BCUT2D eigenvalue weighted by atomic mass is 16.5. The van der Waals surface area contributed by atoms with Crippen LogP contribution in [0.25, 0.3) is 10.9 Å². The molecule has 136 valence electrons. The van der Waals surface area contributed by atoms with Gasteiger partial charge in [-0.2, -0.15) is 0 Å². The standard InChI is InChI=1S/C19H27N3O3/c1-4-17-13-22(12-14(2)25-17)19(23)20-16-6-5-15-7-8-21(9-10-24-3)18(15)11-16/h5-8,11,14,17H,4,9-10,12-13H2,1-3H3,(H,20,23)/t14-,17+/m1/s1. The van der Waals surface area contributed by atoms with Gasteiger partial charge in [-0.15, -0.1) is 0 Å². The smallest absolute Gasteiger partial charge is 0.322 e. The van der Waals surface area contributed by atoms with E-state index >= 15 is 0 Å². The Morgan fingerprint density at radius 2 is 2.20 bits per heavy atom. The average Bonchev–Trinajstić information content (AvgIpc) is 3.01. The monoisotopic (exact) mass is 345 g/mol. The number of ether oxygens (including phenoxy) is 2. The van der Waals surface area contributed by atoms with Gasteiger partial charge in [0.1, 0.15) is 0 Å². The lowest BCUT2D eigenvalue weighted by Gasteiger charge is -2.36. The number of fused-ring (bicyclic) bond motifs is 1. The van der Waals surface area contributed by atoms with Crippen molar-refractivity contribution >= 4 is 22.6 Å². The number of urea groups is 1.